The van der Waals surface area contributed by atoms with Crippen molar-refractivity contribution in [3.05, 3.63) is 76.8 Å². The van der Waals surface area contributed by atoms with Crippen molar-refractivity contribution in [1.82, 2.24) is 14.8 Å². The van der Waals surface area contributed by atoms with Gasteiger partial charge in [-0.15, -0.1) is 16.8 Å². The average Bonchev–Trinajstić information content (AvgIpc) is 3.12. The van der Waals surface area contributed by atoms with Crippen molar-refractivity contribution in [2.75, 3.05) is 11.1 Å². The van der Waals surface area contributed by atoms with Gasteiger partial charge in [-0.1, -0.05) is 47.1 Å². The maximum Gasteiger partial charge on any atom is 0.234 e. The fourth-order valence-corrected chi connectivity index (χ4v) is 3.82. The molecule has 1 unspecified atom stereocenters. The van der Waals surface area contributed by atoms with E-state index in [1.165, 1.54) is 30.0 Å². The van der Waals surface area contributed by atoms with E-state index in [1.54, 1.807) is 30.3 Å². The third-order valence-corrected chi connectivity index (χ3v) is 5.56. The minimum absolute atomic E-state index is 0.0606. The van der Waals surface area contributed by atoms with Crippen LogP contribution in [-0.2, 0) is 11.3 Å². The summed E-state index contributed by atoms with van der Waals surface area (Å²) in [6.45, 7) is 6.07. The molecule has 0 saturated carbocycles. The van der Waals surface area contributed by atoms with Crippen molar-refractivity contribution in [3.63, 3.8) is 0 Å². The number of carbonyl (C=O) groups excluding carboxylic acids is 1. The number of halogens is 3. The highest BCUT2D eigenvalue weighted by atomic mass is 35.5. The zero-order chi connectivity index (χ0) is 22.4. The number of carbonyl (C=O) groups is 1. The van der Waals surface area contributed by atoms with Crippen LogP contribution in [0.1, 0.15) is 18.9 Å². The summed E-state index contributed by atoms with van der Waals surface area (Å²) in [7, 11) is 0. The van der Waals surface area contributed by atoms with Crippen molar-refractivity contribution in [3.8, 4) is 5.75 Å². The molecule has 0 saturated heterocycles. The van der Waals surface area contributed by atoms with Gasteiger partial charge in [-0.05, 0) is 43.3 Å². The molecule has 1 amide bonds. The molecule has 10 heteroatoms. The van der Waals surface area contributed by atoms with Crippen molar-refractivity contribution < 1.29 is 13.9 Å². The number of nitrogens with one attached hydrogen (secondary N) is 1. The van der Waals surface area contributed by atoms with Gasteiger partial charge in [-0.25, -0.2) is 4.39 Å². The summed E-state index contributed by atoms with van der Waals surface area (Å²) < 4.78 is 21.0. The fourth-order valence-electron chi connectivity index (χ4n) is 2.71. The molecule has 0 spiro atoms. The molecular formula is C21H19Cl2FN4O2S. The number of hydrogen-bond donors (Lipinski definition) is 1. The van der Waals surface area contributed by atoms with Crippen molar-refractivity contribution in [1.29, 1.82) is 0 Å². The lowest BCUT2D eigenvalue weighted by Crippen LogP contribution is -2.15. The van der Waals surface area contributed by atoms with Crippen LogP contribution in [0.15, 0.2) is 60.3 Å². The van der Waals surface area contributed by atoms with Crippen LogP contribution in [0.4, 0.5) is 10.1 Å². The molecule has 3 aromatic rings. The highest BCUT2D eigenvalue weighted by molar-refractivity contribution is 7.99. The summed E-state index contributed by atoms with van der Waals surface area (Å²) in [5, 5.41) is 12.2. The first kappa shape index (κ1) is 23.1. The first-order chi connectivity index (χ1) is 14.9. The average molecular weight is 481 g/mol. The third kappa shape index (κ3) is 6.22. The first-order valence-electron chi connectivity index (χ1n) is 9.21. The van der Waals surface area contributed by atoms with Gasteiger partial charge in [0.05, 0.1) is 10.8 Å². The molecule has 0 aliphatic heterocycles. The van der Waals surface area contributed by atoms with Crippen LogP contribution < -0.4 is 10.1 Å². The van der Waals surface area contributed by atoms with Crippen molar-refractivity contribution in [2.24, 2.45) is 0 Å². The van der Waals surface area contributed by atoms with Crippen LogP contribution in [0.3, 0.4) is 0 Å². The Labute approximate surface area is 193 Å². The van der Waals surface area contributed by atoms with E-state index in [9.17, 15) is 9.18 Å². The molecule has 1 aromatic heterocycles. The van der Waals surface area contributed by atoms with E-state index in [1.807, 2.05) is 11.5 Å². The van der Waals surface area contributed by atoms with Crippen LogP contribution in [0, 0.1) is 5.82 Å². The Morgan fingerprint density at radius 2 is 2.13 bits per heavy atom. The summed E-state index contributed by atoms with van der Waals surface area (Å²) in [6.07, 6.45) is 1.30. The predicted octanol–water partition coefficient (Wildman–Crippen LogP) is 5.78. The second-order valence-corrected chi connectivity index (χ2v) is 8.21. The number of rotatable bonds is 9. The minimum atomic E-state index is -0.548. The molecule has 1 N–H and O–H groups in total. The third-order valence-electron chi connectivity index (χ3n) is 4.07. The second kappa shape index (κ2) is 10.7. The molecule has 2 aromatic carbocycles. The largest absolute Gasteiger partial charge is 0.483 e. The van der Waals surface area contributed by atoms with Crippen molar-refractivity contribution >= 4 is 46.6 Å². The van der Waals surface area contributed by atoms with E-state index < -0.39 is 11.9 Å². The summed E-state index contributed by atoms with van der Waals surface area (Å²) >= 11 is 13.0. The van der Waals surface area contributed by atoms with E-state index >= 15 is 0 Å². The highest BCUT2D eigenvalue weighted by Crippen LogP contribution is 2.26. The Kier molecular flexibility index (Phi) is 7.95. The number of anilines is 1. The quantitative estimate of drug-likeness (QED) is 0.310. The molecule has 0 aliphatic carbocycles. The summed E-state index contributed by atoms with van der Waals surface area (Å²) in [5.74, 6) is 0.444. The Bertz CT molecular complexity index is 1090. The topological polar surface area (TPSA) is 69.0 Å². The van der Waals surface area contributed by atoms with E-state index in [0.717, 1.165) is 0 Å². The first-order valence-corrected chi connectivity index (χ1v) is 11.0. The van der Waals surface area contributed by atoms with Gasteiger partial charge in [-0.3, -0.25) is 9.36 Å². The molecule has 162 valence electrons. The van der Waals surface area contributed by atoms with Gasteiger partial charge in [-0.2, -0.15) is 0 Å². The number of amides is 1. The Hall–Kier alpha value is -2.55. The smallest absolute Gasteiger partial charge is 0.234 e. The molecule has 1 heterocycles. The summed E-state index contributed by atoms with van der Waals surface area (Å²) in [4.78, 5) is 12.3. The second-order valence-electron chi connectivity index (χ2n) is 6.42. The molecule has 31 heavy (non-hydrogen) atoms. The maximum absolute atomic E-state index is 13.3. The minimum Gasteiger partial charge on any atom is -0.483 e. The van der Waals surface area contributed by atoms with Crippen LogP contribution >= 0.6 is 35.0 Å². The lowest BCUT2D eigenvalue weighted by atomic mass is 10.3. The molecular weight excluding hydrogens is 462 g/mol. The van der Waals surface area contributed by atoms with Crippen LogP contribution in [0.25, 0.3) is 0 Å². The van der Waals surface area contributed by atoms with E-state index in [2.05, 4.69) is 22.1 Å². The van der Waals surface area contributed by atoms with E-state index in [-0.39, 0.29) is 16.7 Å². The summed E-state index contributed by atoms with van der Waals surface area (Å²) in [5.41, 5.74) is 0.411. The Morgan fingerprint density at radius 1 is 1.32 bits per heavy atom. The Morgan fingerprint density at radius 3 is 2.84 bits per heavy atom. The monoisotopic (exact) mass is 480 g/mol. The lowest BCUT2D eigenvalue weighted by Gasteiger charge is -2.16. The lowest BCUT2D eigenvalue weighted by molar-refractivity contribution is -0.113. The number of ether oxygens (including phenoxy) is 1. The predicted molar refractivity (Wildman–Crippen MR) is 121 cm³/mol. The molecule has 1 atom stereocenters. The molecule has 6 nitrogen and oxygen atoms in total. The zero-order valence-electron chi connectivity index (χ0n) is 16.5. The zero-order valence-corrected chi connectivity index (χ0v) is 18.8. The standard InChI is InChI=1S/C21H19Cl2FN4O2S/c1-3-9-28-20(13(2)30-16-6-4-5-14(22)10-16)26-27-21(28)31-12-19(29)25-15-7-8-18(24)17(23)11-15/h3-8,10-11,13H,1,9,12H2,2H3,(H,25,29). The van der Waals surface area contributed by atoms with Gasteiger partial charge in [0, 0.05) is 17.3 Å². The number of hydrogen-bond acceptors (Lipinski definition) is 5. The van der Waals surface area contributed by atoms with Crippen LogP contribution in [0.5, 0.6) is 5.75 Å². The van der Waals surface area contributed by atoms with Gasteiger partial charge >= 0.3 is 0 Å². The number of thioether (sulfide) groups is 1. The normalized spacial score (nSPS) is 11.7. The SMILES string of the molecule is C=CCn1c(SCC(=O)Nc2ccc(F)c(Cl)c2)nnc1C(C)Oc1cccc(Cl)c1. The highest BCUT2D eigenvalue weighted by Gasteiger charge is 2.20. The molecule has 3 rings (SSSR count). The summed E-state index contributed by atoms with van der Waals surface area (Å²) in [6, 6.07) is 11.1. The van der Waals surface area contributed by atoms with Crippen LogP contribution in [0.2, 0.25) is 10.0 Å². The van der Waals surface area contributed by atoms with Gasteiger partial charge in [0.1, 0.15) is 11.6 Å². The van der Waals surface area contributed by atoms with Gasteiger partial charge in [0.15, 0.2) is 17.1 Å². The Balaban J connectivity index is 1.67. The van der Waals surface area contributed by atoms with Crippen molar-refractivity contribution in [2.45, 2.75) is 24.7 Å². The number of benzene rings is 2. The molecule has 0 fully saturated rings. The molecule has 0 radical (unpaired) electrons. The van der Waals surface area contributed by atoms with E-state index in [0.29, 0.717) is 34.0 Å². The van der Waals surface area contributed by atoms with Gasteiger partial charge in [0.25, 0.3) is 0 Å². The number of allylic oxidation sites excluding steroid dienone is 1. The maximum atomic E-state index is 13.3. The van der Waals surface area contributed by atoms with Gasteiger partial charge < -0.3 is 10.1 Å². The number of nitrogens with zero attached hydrogens (tertiary/aromatic N) is 3. The fraction of sp³-hybridized carbons (Fsp3) is 0.190. The number of aromatic nitrogens is 3. The molecule has 0 aliphatic rings. The molecule has 0 bridgehead atoms. The van der Waals surface area contributed by atoms with Crippen LogP contribution in [-0.4, -0.2) is 26.4 Å². The van der Waals surface area contributed by atoms with Gasteiger partial charge in [0.2, 0.25) is 5.91 Å². The van der Waals surface area contributed by atoms with E-state index in [4.69, 9.17) is 27.9 Å².